The van der Waals surface area contributed by atoms with Crippen molar-refractivity contribution in [2.24, 2.45) is 5.92 Å². The van der Waals surface area contributed by atoms with Crippen molar-refractivity contribution < 1.29 is 4.79 Å². The van der Waals surface area contributed by atoms with E-state index >= 15 is 0 Å². The van der Waals surface area contributed by atoms with E-state index in [1.807, 2.05) is 13.0 Å². The number of hydrogen-bond donors (Lipinski definition) is 2. The first-order chi connectivity index (χ1) is 13.2. The Morgan fingerprint density at radius 1 is 1.26 bits per heavy atom. The van der Waals surface area contributed by atoms with Crippen LogP contribution < -0.4 is 10.6 Å². The van der Waals surface area contributed by atoms with Crippen LogP contribution in [-0.2, 0) is 13.1 Å². The number of piperidine rings is 1. The van der Waals surface area contributed by atoms with Gasteiger partial charge in [0.05, 0.1) is 0 Å². The molecule has 1 atom stereocenters. The number of anilines is 1. The largest absolute Gasteiger partial charge is 0.381 e. The molecule has 0 spiro atoms. The van der Waals surface area contributed by atoms with Crippen molar-refractivity contribution in [3.8, 4) is 0 Å². The molecule has 1 fully saturated rings. The van der Waals surface area contributed by atoms with Crippen LogP contribution in [-0.4, -0.2) is 35.4 Å². The van der Waals surface area contributed by atoms with Crippen LogP contribution >= 0.6 is 0 Å². The molecule has 1 aromatic heterocycles. The van der Waals surface area contributed by atoms with E-state index in [0.717, 1.165) is 24.7 Å². The minimum Gasteiger partial charge on any atom is -0.381 e. The molecule has 1 aliphatic heterocycles. The van der Waals surface area contributed by atoms with Crippen LogP contribution in [0.2, 0.25) is 0 Å². The van der Waals surface area contributed by atoms with Gasteiger partial charge in [0.1, 0.15) is 5.69 Å². The van der Waals surface area contributed by atoms with Crippen molar-refractivity contribution in [2.75, 3.05) is 25.0 Å². The van der Waals surface area contributed by atoms with Gasteiger partial charge in [0.25, 0.3) is 5.91 Å². The Morgan fingerprint density at radius 3 is 2.85 bits per heavy atom. The van der Waals surface area contributed by atoms with E-state index in [-0.39, 0.29) is 5.91 Å². The standard InChI is InChI=1S/C22H30N4O/c1-3-23-22(27)21-13-20(10-11-24-21)25-14-18-8-4-5-9-19(18)16-26-12-6-7-17(2)15-26/h4-5,8-11,13,17H,3,6-7,12,14-16H2,1-2H3,(H,23,27)(H,24,25). The predicted octanol–water partition coefficient (Wildman–Crippen LogP) is 3.68. The van der Waals surface area contributed by atoms with E-state index < -0.39 is 0 Å². The number of rotatable bonds is 7. The Morgan fingerprint density at radius 2 is 2.07 bits per heavy atom. The van der Waals surface area contributed by atoms with Crippen LogP contribution in [0.1, 0.15) is 48.3 Å². The minimum atomic E-state index is -0.138. The molecule has 2 heterocycles. The van der Waals surface area contributed by atoms with Crippen molar-refractivity contribution in [1.82, 2.24) is 15.2 Å². The summed E-state index contributed by atoms with van der Waals surface area (Å²) in [6, 6.07) is 12.3. The molecule has 5 nitrogen and oxygen atoms in total. The normalized spacial score (nSPS) is 17.5. The molecule has 1 unspecified atom stereocenters. The summed E-state index contributed by atoms with van der Waals surface area (Å²) in [6.45, 7) is 8.95. The number of carbonyl (C=O) groups is 1. The van der Waals surface area contributed by atoms with Gasteiger partial charge < -0.3 is 10.6 Å². The van der Waals surface area contributed by atoms with Gasteiger partial charge in [-0.3, -0.25) is 14.7 Å². The number of likely N-dealkylation sites (tertiary alicyclic amines) is 1. The average molecular weight is 367 g/mol. The molecule has 0 bridgehead atoms. The summed E-state index contributed by atoms with van der Waals surface area (Å²) >= 11 is 0. The van der Waals surface area contributed by atoms with Crippen LogP contribution in [0.15, 0.2) is 42.6 Å². The predicted molar refractivity (Wildman–Crippen MR) is 110 cm³/mol. The lowest BCUT2D eigenvalue weighted by atomic mass is 9.99. The van der Waals surface area contributed by atoms with Crippen LogP contribution in [0.5, 0.6) is 0 Å². The molecule has 3 rings (SSSR count). The van der Waals surface area contributed by atoms with Crippen LogP contribution in [0, 0.1) is 5.92 Å². The summed E-state index contributed by atoms with van der Waals surface area (Å²) in [6.07, 6.45) is 4.31. The maximum Gasteiger partial charge on any atom is 0.269 e. The molecule has 5 heteroatoms. The van der Waals surface area contributed by atoms with E-state index in [4.69, 9.17) is 0 Å². The van der Waals surface area contributed by atoms with Gasteiger partial charge in [-0.1, -0.05) is 31.2 Å². The molecule has 0 saturated carbocycles. The van der Waals surface area contributed by atoms with Crippen molar-refractivity contribution in [1.29, 1.82) is 0 Å². The lowest BCUT2D eigenvalue weighted by Gasteiger charge is -2.31. The second-order valence-electron chi connectivity index (χ2n) is 7.39. The highest BCUT2D eigenvalue weighted by Gasteiger charge is 2.17. The molecule has 2 N–H and O–H groups in total. The third-order valence-corrected chi connectivity index (χ3v) is 5.07. The van der Waals surface area contributed by atoms with Crippen molar-refractivity contribution in [3.05, 3.63) is 59.4 Å². The molecule has 1 amide bonds. The summed E-state index contributed by atoms with van der Waals surface area (Å²) in [5, 5.41) is 6.23. The van der Waals surface area contributed by atoms with Crippen molar-refractivity contribution >= 4 is 11.6 Å². The van der Waals surface area contributed by atoms with E-state index in [2.05, 4.69) is 51.7 Å². The minimum absolute atomic E-state index is 0.138. The average Bonchev–Trinajstić information content (AvgIpc) is 2.68. The SMILES string of the molecule is CCNC(=O)c1cc(NCc2ccccc2CN2CCCC(C)C2)ccn1. The van der Waals surface area contributed by atoms with Crippen molar-refractivity contribution in [2.45, 2.75) is 39.8 Å². The third-order valence-electron chi connectivity index (χ3n) is 5.07. The summed E-state index contributed by atoms with van der Waals surface area (Å²) in [5.74, 6) is 0.648. The zero-order chi connectivity index (χ0) is 19.1. The van der Waals surface area contributed by atoms with Gasteiger partial charge in [-0.2, -0.15) is 0 Å². The maximum absolute atomic E-state index is 12.0. The van der Waals surface area contributed by atoms with Gasteiger partial charge in [0.2, 0.25) is 0 Å². The summed E-state index contributed by atoms with van der Waals surface area (Å²) in [4.78, 5) is 18.7. The zero-order valence-corrected chi connectivity index (χ0v) is 16.4. The number of benzene rings is 1. The first kappa shape index (κ1) is 19.4. The Kier molecular flexibility index (Phi) is 6.82. The summed E-state index contributed by atoms with van der Waals surface area (Å²) < 4.78 is 0. The van der Waals surface area contributed by atoms with E-state index in [1.165, 1.54) is 37.1 Å². The molecule has 27 heavy (non-hydrogen) atoms. The second kappa shape index (κ2) is 9.51. The fraction of sp³-hybridized carbons (Fsp3) is 0.455. The lowest BCUT2D eigenvalue weighted by molar-refractivity contribution is 0.0951. The second-order valence-corrected chi connectivity index (χ2v) is 7.39. The lowest BCUT2D eigenvalue weighted by Crippen LogP contribution is -2.34. The quantitative estimate of drug-likeness (QED) is 0.785. The molecular formula is C22H30N4O. The van der Waals surface area contributed by atoms with E-state index in [9.17, 15) is 4.79 Å². The number of hydrogen-bond acceptors (Lipinski definition) is 4. The molecule has 1 aliphatic rings. The van der Waals surface area contributed by atoms with Gasteiger partial charge in [-0.15, -0.1) is 0 Å². The zero-order valence-electron chi connectivity index (χ0n) is 16.4. The van der Waals surface area contributed by atoms with Gasteiger partial charge in [-0.05, 0) is 55.5 Å². The van der Waals surface area contributed by atoms with Crippen molar-refractivity contribution in [3.63, 3.8) is 0 Å². The first-order valence-corrected chi connectivity index (χ1v) is 9.93. The van der Waals surface area contributed by atoms with Gasteiger partial charge in [0, 0.05) is 38.1 Å². The molecular weight excluding hydrogens is 336 g/mol. The molecule has 1 aromatic carbocycles. The number of amides is 1. The number of carbonyl (C=O) groups excluding carboxylic acids is 1. The Hall–Kier alpha value is -2.40. The highest BCUT2D eigenvalue weighted by Crippen LogP contribution is 2.20. The molecule has 2 aromatic rings. The number of pyridine rings is 1. The number of aromatic nitrogens is 1. The smallest absolute Gasteiger partial charge is 0.269 e. The van der Waals surface area contributed by atoms with Crippen LogP contribution in [0.3, 0.4) is 0 Å². The van der Waals surface area contributed by atoms with E-state index in [1.54, 1.807) is 12.3 Å². The van der Waals surface area contributed by atoms with E-state index in [0.29, 0.717) is 12.2 Å². The van der Waals surface area contributed by atoms with Crippen LogP contribution in [0.25, 0.3) is 0 Å². The molecule has 144 valence electrons. The number of nitrogens with one attached hydrogen (secondary N) is 2. The van der Waals surface area contributed by atoms with Gasteiger partial charge in [-0.25, -0.2) is 0 Å². The Balaban J connectivity index is 1.64. The number of nitrogens with zero attached hydrogens (tertiary/aromatic N) is 2. The topological polar surface area (TPSA) is 57.3 Å². The Labute approximate surface area is 162 Å². The van der Waals surface area contributed by atoms with Gasteiger partial charge in [0.15, 0.2) is 0 Å². The molecule has 1 saturated heterocycles. The monoisotopic (exact) mass is 366 g/mol. The Bertz CT molecular complexity index is 761. The highest BCUT2D eigenvalue weighted by atomic mass is 16.1. The highest BCUT2D eigenvalue weighted by molar-refractivity contribution is 5.93. The third kappa shape index (κ3) is 5.54. The molecule has 0 aliphatic carbocycles. The summed E-state index contributed by atoms with van der Waals surface area (Å²) in [7, 11) is 0. The fourth-order valence-corrected chi connectivity index (χ4v) is 3.67. The van der Waals surface area contributed by atoms with Gasteiger partial charge >= 0.3 is 0 Å². The molecule has 0 radical (unpaired) electrons. The van der Waals surface area contributed by atoms with Crippen LogP contribution in [0.4, 0.5) is 5.69 Å². The fourth-order valence-electron chi connectivity index (χ4n) is 3.67. The summed E-state index contributed by atoms with van der Waals surface area (Å²) in [5.41, 5.74) is 4.02. The maximum atomic E-state index is 12.0. The first-order valence-electron chi connectivity index (χ1n) is 9.93.